The Morgan fingerprint density at radius 1 is 0.825 bits per heavy atom. The number of hydrogen-bond acceptors (Lipinski definition) is 6. The zero-order valence-electron chi connectivity index (χ0n) is 22.6. The Morgan fingerprint density at radius 3 is 2.38 bits per heavy atom. The molecule has 2 N–H and O–H groups in total. The van der Waals surface area contributed by atoms with Gasteiger partial charge in [-0.2, -0.15) is 0 Å². The quantitative estimate of drug-likeness (QED) is 0.151. The first-order chi connectivity index (χ1) is 19.5. The van der Waals surface area contributed by atoms with Crippen molar-refractivity contribution in [3.05, 3.63) is 95.4 Å². The number of aliphatic carboxylic acids is 1. The van der Waals surface area contributed by atoms with Crippen LogP contribution in [0.2, 0.25) is 0 Å². The minimum atomic E-state index is -0.945. The number of carboxylic acids is 2. The van der Waals surface area contributed by atoms with E-state index in [-0.39, 0.29) is 12.0 Å². The van der Waals surface area contributed by atoms with Gasteiger partial charge in [-0.3, -0.25) is 9.69 Å². The van der Waals surface area contributed by atoms with Crippen molar-refractivity contribution in [1.82, 2.24) is 9.88 Å². The molecule has 0 bridgehead atoms. The molecule has 0 fully saturated rings. The summed E-state index contributed by atoms with van der Waals surface area (Å²) in [4.78, 5) is 28.9. The summed E-state index contributed by atoms with van der Waals surface area (Å²) in [5, 5.41) is 18.2. The van der Waals surface area contributed by atoms with Crippen molar-refractivity contribution in [3.63, 3.8) is 0 Å². The van der Waals surface area contributed by atoms with Crippen LogP contribution in [-0.2, 0) is 24.2 Å². The van der Waals surface area contributed by atoms with Crippen LogP contribution in [-0.4, -0.2) is 51.7 Å². The summed E-state index contributed by atoms with van der Waals surface area (Å²) in [6, 6.07) is 22.8. The fourth-order valence-electron chi connectivity index (χ4n) is 4.61. The molecule has 4 aromatic rings. The molecule has 0 unspecified atom stereocenters. The topological polar surface area (TPSA) is 113 Å². The average Bonchev–Trinajstić information content (AvgIpc) is 3.37. The number of aromatic nitrogens is 1. The third-order valence-corrected chi connectivity index (χ3v) is 6.77. The third kappa shape index (κ3) is 8.95. The fourth-order valence-corrected chi connectivity index (χ4v) is 4.61. The molecule has 1 heterocycles. The summed E-state index contributed by atoms with van der Waals surface area (Å²) in [5.74, 6) is -0.0979. The lowest BCUT2D eigenvalue weighted by Crippen LogP contribution is -2.27. The summed E-state index contributed by atoms with van der Waals surface area (Å²) in [6.07, 6.45) is 4.90. The van der Waals surface area contributed by atoms with E-state index in [0.717, 1.165) is 79.1 Å². The van der Waals surface area contributed by atoms with E-state index in [9.17, 15) is 14.7 Å². The first-order valence-corrected chi connectivity index (χ1v) is 13.8. The molecule has 0 saturated heterocycles. The molecule has 0 aliphatic rings. The molecule has 3 aromatic carbocycles. The van der Waals surface area contributed by atoms with Gasteiger partial charge in [0.05, 0.1) is 12.2 Å². The number of unbranched alkanes of at least 4 members (excludes halogenated alkanes) is 2. The second-order valence-electron chi connectivity index (χ2n) is 9.87. The standard InChI is InChI=1S/C32H36N2O6/c35-31(36)14-5-7-20-34(23-24-15-17-26(18-16-24)32(37)38)21-19-25-9-1-3-11-28(25)39-22-8-6-13-30-33-27-10-2-4-12-29(27)40-30/h1-4,9-12,15-18H,5-8,13-14,19-23H2,(H,35,36)(H,37,38). The number of hydrogen-bond donors (Lipinski definition) is 2. The van der Waals surface area contributed by atoms with E-state index >= 15 is 0 Å². The smallest absolute Gasteiger partial charge is 0.335 e. The van der Waals surface area contributed by atoms with Crippen LogP contribution in [0.4, 0.5) is 0 Å². The summed E-state index contributed by atoms with van der Waals surface area (Å²) >= 11 is 0. The van der Waals surface area contributed by atoms with Crippen LogP contribution in [0.3, 0.4) is 0 Å². The summed E-state index contributed by atoms with van der Waals surface area (Å²) < 4.78 is 12.0. The molecule has 4 rings (SSSR count). The van der Waals surface area contributed by atoms with Gasteiger partial charge in [0.1, 0.15) is 11.3 Å². The number of aryl methyl sites for hydroxylation is 1. The Bertz CT molecular complexity index is 1350. The van der Waals surface area contributed by atoms with Gasteiger partial charge in [-0.05, 0) is 80.1 Å². The van der Waals surface area contributed by atoms with Crippen LogP contribution in [0, 0.1) is 0 Å². The highest BCUT2D eigenvalue weighted by Crippen LogP contribution is 2.21. The molecule has 8 heteroatoms. The molecular formula is C32H36N2O6. The van der Waals surface area contributed by atoms with Gasteiger partial charge >= 0.3 is 11.9 Å². The van der Waals surface area contributed by atoms with Crippen molar-refractivity contribution in [3.8, 4) is 5.75 Å². The molecule has 0 spiro atoms. The molecule has 40 heavy (non-hydrogen) atoms. The second-order valence-corrected chi connectivity index (χ2v) is 9.87. The monoisotopic (exact) mass is 544 g/mol. The maximum absolute atomic E-state index is 11.2. The Labute approximate surface area is 234 Å². The van der Waals surface area contributed by atoms with Crippen LogP contribution < -0.4 is 4.74 Å². The molecule has 0 atom stereocenters. The molecule has 0 aliphatic heterocycles. The number of rotatable bonds is 17. The van der Waals surface area contributed by atoms with Gasteiger partial charge in [-0.1, -0.05) is 42.5 Å². The summed E-state index contributed by atoms with van der Waals surface area (Å²) in [5.41, 5.74) is 4.10. The molecular weight excluding hydrogens is 508 g/mol. The lowest BCUT2D eigenvalue weighted by Gasteiger charge is -2.23. The number of carboxylic acid groups (broad SMARTS) is 2. The van der Waals surface area contributed by atoms with E-state index < -0.39 is 11.9 Å². The van der Waals surface area contributed by atoms with E-state index in [2.05, 4.69) is 16.0 Å². The number of aromatic carboxylic acids is 1. The van der Waals surface area contributed by atoms with Gasteiger partial charge in [0.2, 0.25) is 0 Å². The zero-order valence-corrected chi connectivity index (χ0v) is 22.6. The van der Waals surface area contributed by atoms with Crippen LogP contribution in [0.25, 0.3) is 11.1 Å². The van der Waals surface area contributed by atoms with Crippen molar-refractivity contribution >= 4 is 23.0 Å². The first kappa shape index (κ1) is 28.8. The summed E-state index contributed by atoms with van der Waals surface area (Å²) in [7, 11) is 0. The van der Waals surface area contributed by atoms with E-state index in [1.165, 1.54) is 0 Å². The number of carbonyl (C=O) groups is 2. The number of oxazole rings is 1. The molecule has 0 saturated carbocycles. The van der Waals surface area contributed by atoms with E-state index in [0.29, 0.717) is 19.6 Å². The van der Waals surface area contributed by atoms with Gasteiger partial charge in [0, 0.05) is 25.9 Å². The zero-order chi connectivity index (χ0) is 28.2. The van der Waals surface area contributed by atoms with Crippen LogP contribution in [0.15, 0.2) is 77.2 Å². The molecule has 210 valence electrons. The van der Waals surface area contributed by atoms with Crippen LogP contribution in [0.1, 0.15) is 59.5 Å². The highest BCUT2D eigenvalue weighted by Gasteiger charge is 2.11. The highest BCUT2D eigenvalue weighted by atomic mass is 16.5. The van der Waals surface area contributed by atoms with Gasteiger partial charge in [-0.15, -0.1) is 0 Å². The normalized spacial score (nSPS) is 11.2. The molecule has 0 amide bonds. The van der Waals surface area contributed by atoms with Gasteiger partial charge in [-0.25, -0.2) is 9.78 Å². The predicted octanol–water partition coefficient (Wildman–Crippen LogP) is 6.23. The number of nitrogens with zero attached hydrogens (tertiary/aromatic N) is 2. The number of fused-ring (bicyclic) bond motifs is 1. The summed E-state index contributed by atoms with van der Waals surface area (Å²) in [6.45, 7) is 2.79. The first-order valence-electron chi connectivity index (χ1n) is 13.8. The SMILES string of the molecule is O=C(O)CCCCN(CCc1ccccc1OCCCCc1nc2ccccc2o1)Cc1ccc(C(=O)O)cc1. The highest BCUT2D eigenvalue weighted by molar-refractivity contribution is 5.87. The van der Waals surface area contributed by atoms with Gasteiger partial charge in [0.15, 0.2) is 11.5 Å². The van der Waals surface area contributed by atoms with Crippen molar-refractivity contribution in [2.75, 3.05) is 19.7 Å². The Balaban J connectivity index is 1.28. The van der Waals surface area contributed by atoms with Gasteiger partial charge < -0.3 is 19.4 Å². The van der Waals surface area contributed by atoms with Crippen molar-refractivity contribution in [2.45, 2.75) is 51.5 Å². The Hall–Kier alpha value is -4.17. The third-order valence-electron chi connectivity index (χ3n) is 6.77. The van der Waals surface area contributed by atoms with Crippen LogP contribution >= 0.6 is 0 Å². The molecule has 0 aliphatic carbocycles. The predicted molar refractivity (Wildman–Crippen MR) is 153 cm³/mol. The Kier molecular flexibility index (Phi) is 10.7. The Morgan fingerprint density at radius 2 is 1.60 bits per heavy atom. The van der Waals surface area contributed by atoms with Crippen molar-refractivity contribution in [2.24, 2.45) is 0 Å². The number of benzene rings is 3. The van der Waals surface area contributed by atoms with Crippen LogP contribution in [0.5, 0.6) is 5.75 Å². The number of para-hydroxylation sites is 3. The minimum absolute atomic E-state index is 0.157. The maximum Gasteiger partial charge on any atom is 0.335 e. The van der Waals surface area contributed by atoms with Gasteiger partial charge in [0.25, 0.3) is 0 Å². The number of ether oxygens (including phenoxy) is 1. The molecule has 0 radical (unpaired) electrons. The molecule has 1 aromatic heterocycles. The van der Waals surface area contributed by atoms with Crippen molar-refractivity contribution in [1.29, 1.82) is 0 Å². The lowest BCUT2D eigenvalue weighted by atomic mass is 10.1. The second kappa shape index (κ2) is 14.8. The van der Waals surface area contributed by atoms with E-state index in [4.69, 9.17) is 14.3 Å². The fraction of sp³-hybridized carbons (Fsp3) is 0.344. The molecule has 8 nitrogen and oxygen atoms in total. The largest absolute Gasteiger partial charge is 0.493 e. The van der Waals surface area contributed by atoms with E-state index in [1.807, 2.05) is 54.6 Å². The lowest BCUT2D eigenvalue weighted by molar-refractivity contribution is -0.137. The van der Waals surface area contributed by atoms with E-state index in [1.54, 1.807) is 12.1 Å². The minimum Gasteiger partial charge on any atom is -0.493 e. The van der Waals surface area contributed by atoms with Crippen molar-refractivity contribution < 1.29 is 29.0 Å². The average molecular weight is 545 g/mol. The maximum atomic E-state index is 11.2.